The molecule has 0 aliphatic rings. The Balaban J connectivity index is 1.56. The molecule has 32 heavy (non-hydrogen) atoms. The van der Waals surface area contributed by atoms with Crippen molar-refractivity contribution in [1.29, 1.82) is 0 Å². The summed E-state index contributed by atoms with van der Waals surface area (Å²) in [6, 6.07) is 23.3. The molecule has 0 N–H and O–H groups in total. The standard InChI is InChI=1S/C26H24N2O3S/c1-17-4-10-20(11-5-17)24(29)25(21-12-6-18(2)7-13-21)32-26-28-27-23(31-26)16-19-8-14-22(30-3)15-9-19/h4-15,25H,16H2,1-3H3. The monoisotopic (exact) mass is 444 g/mol. The first kappa shape index (κ1) is 21.8. The third kappa shape index (κ3) is 5.26. The minimum Gasteiger partial charge on any atom is -0.497 e. The van der Waals surface area contributed by atoms with Gasteiger partial charge in [-0.25, -0.2) is 0 Å². The highest BCUT2D eigenvalue weighted by atomic mass is 32.2. The molecule has 0 aliphatic carbocycles. The predicted molar refractivity (Wildman–Crippen MR) is 125 cm³/mol. The van der Waals surface area contributed by atoms with E-state index in [-0.39, 0.29) is 5.78 Å². The highest BCUT2D eigenvalue weighted by Gasteiger charge is 2.26. The van der Waals surface area contributed by atoms with E-state index in [1.54, 1.807) is 7.11 Å². The van der Waals surface area contributed by atoms with Gasteiger partial charge < -0.3 is 9.15 Å². The Bertz CT molecular complexity index is 1180. The minimum atomic E-state index is -0.479. The molecule has 0 bridgehead atoms. The van der Waals surface area contributed by atoms with Crippen LogP contribution in [0.3, 0.4) is 0 Å². The lowest BCUT2D eigenvalue weighted by molar-refractivity contribution is 0.0989. The molecule has 6 heteroatoms. The van der Waals surface area contributed by atoms with Gasteiger partial charge in [0.1, 0.15) is 11.0 Å². The van der Waals surface area contributed by atoms with Crippen LogP contribution in [0.5, 0.6) is 5.75 Å². The molecule has 0 spiro atoms. The zero-order valence-electron chi connectivity index (χ0n) is 18.2. The Morgan fingerprint density at radius 3 is 2.16 bits per heavy atom. The third-order valence-electron chi connectivity index (χ3n) is 5.14. The number of aryl methyl sites for hydroxylation is 2. The Morgan fingerprint density at radius 2 is 1.53 bits per heavy atom. The second-order valence-corrected chi connectivity index (χ2v) is 8.68. The van der Waals surface area contributed by atoms with E-state index in [1.807, 2.05) is 86.6 Å². The molecule has 3 aromatic carbocycles. The molecule has 0 saturated heterocycles. The van der Waals surface area contributed by atoms with Crippen molar-refractivity contribution in [2.45, 2.75) is 30.7 Å². The van der Waals surface area contributed by atoms with Gasteiger partial charge in [0.2, 0.25) is 5.89 Å². The number of Topliss-reactive ketones (excluding diaryl/α,β-unsaturated/α-hetero) is 1. The van der Waals surface area contributed by atoms with Gasteiger partial charge in [0.15, 0.2) is 5.78 Å². The number of benzene rings is 3. The van der Waals surface area contributed by atoms with Gasteiger partial charge >= 0.3 is 0 Å². The number of ether oxygens (including phenoxy) is 1. The van der Waals surface area contributed by atoms with E-state index in [4.69, 9.17) is 9.15 Å². The van der Waals surface area contributed by atoms with Crippen LogP contribution in [-0.2, 0) is 6.42 Å². The van der Waals surface area contributed by atoms with Crippen LogP contribution in [-0.4, -0.2) is 23.1 Å². The molecule has 1 unspecified atom stereocenters. The summed E-state index contributed by atoms with van der Waals surface area (Å²) in [7, 11) is 1.64. The molecular weight excluding hydrogens is 420 g/mol. The normalized spacial score (nSPS) is 11.8. The van der Waals surface area contributed by atoms with E-state index in [9.17, 15) is 4.79 Å². The lowest BCUT2D eigenvalue weighted by Gasteiger charge is -2.14. The zero-order chi connectivity index (χ0) is 22.5. The molecule has 1 heterocycles. The van der Waals surface area contributed by atoms with Crippen molar-refractivity contribution >= 4 is 17.5 Å². The van der Waals surface area contributed by atoms with Gasteiger partial charge in [0.05, 0.1) is 13.5 Å². The van der Waals surface area contributed by atoms with E-state index in [2.05, 4.69) is 10.2 Å². The summed E-state index contributed by atoms with van der Waals surface area (Å²) in [5.41, 5.74) is 4.85. The molecule has 4 aromatic rings. The fourth-order valence-electron chi connectivity index (χ4n) is 3.26. The van der Waals surface area contributed by atoms with E-state index in [0.717, 1.165) is 28.0 Å². The highest BCUT2D eigenvalue weighted by Crippen LogP contribution is 2.37. The summed E-state index contributed by atoms with van der Waals surface area (Å²) in [4.78, 5) is 13.4. The molecule has 0 aliphatic heterocycles. The van der Waals surface area contributed by atoms with Crippen molar-refractivity contribution < 1.29 is 13.9 Å². The summed E-state index contributed by atoms with van der Waals surface area (Å²) >= 11 is 1.28. The fraction of sp³-hybridized carbons (Fsp3) is 0.192. The number of thioether (sulfide) groups is 1. The number of nitrogens with zero attached hydrogens (tertiary/aromatic N) is 2. The van der Waals surface area contributed by atoms with Gasteiger partial charge in [-0.1, -0.05) is 71.8 Å². The number of ketones is 1. The maximum absolute atomic E-state index is 13.4. The summed E-state index contributed by atoms with van der Waals surface area (Å²) in [5.74, 6) is 1.31. The van der Waals surface area contributed by atoms with E-state index in [0.29, 0.717) is 23.1 Å². The maximum atomic E-state index is 13.4. The maximum Gasteiger partial charge on any atom is 0.277 e. The number of carbonyl (C=O) groups excluding carboxylic acids is 1. The van der Waals surface area contributed by atoms with Crippen molar-refractivity contribution in [2.75, 3.05) is 7.11 Å². The molecule has 1 aromatic heterocycles. The Hall–Kier alpha value is -3.38. The minimum absolute atomic E-state index is 0.00811. The second kappa shape index (κ2) is 9.83. The Labute approximate surface area is 191 Å². The van der Waals surface area contributed by atoms with Crippen LogP contribution in [0.15, 0.2) is 82.4 Å². The third-order valence-corrected chi connectivity index (χ3v) is 6.22. The summed E-state index contributed by atoms with van der Waals surface area (Å²) < 4.78 is 11.1. The number of carbonyl (C=O) groups is 1. The molecule has 5 nitrogen and oxygen atoms in total. The van der Waals surface area contributed by atoms with Crippen LogP contribution >= 0.6 is 11.8 Å². The van der Waals surface area contributed by atoms with E-state index >= 15 is 0 Å². The Morgan fingerprint density at radius 1 is 0.906 bits per heavy atom. The van der Waals surface area contributed by atoms with Crippen molar-refractivity contribution in [1.82, 2.24) is 10.2 Å². The first-order chi connectivity index (χ1) is 15.5. The van der Waals surface area contributed by atoms with Gasteiger partial charge in [-0.15, -0.1) is 10.2 Å². The molecule has 0 saturated carbocycles. The van der Waals surface area contributed by atoms with Crippen molar-refractivity contribution in [3.63, 3.8) is 0 Å². The van der Waals surface area contributed by atoms with E-state index in [1.165, 1.54) is 11.8 Å². The van der Waals surface area contributed by atoms with Gasteiger partial charge in [-0.2, -0.15) is 0 Å². The average Bonchev–Trinajstić information content (AvgIpc) is 3.25. The largest absolute Gasteiger partial charge is 0.497 e. The summed E-state index contributed by atoms with van der Waals surface area (Å²) in [6.45, 7) is 4.03. The van der Waals surface area contributed by atoms with Crippen LogP contribution < -0.4 is 4.74 Å². The molecular formula is C26H24N2O3S. The second-order valence-electron chi connectivity index (χ2n) is 7.63. The average molecular weight is 445 g/mol. The van der Waals surface area contributed by atoms with Crippen molar-refractivity contribution in [3.8, 4) is 5.75 Å². The van der Waals surface area contributed by atoms with Gasteiger partial charge in [-0.05, 0) is 48.9 Å². The van der Waals surface area contributed by atoms with Crippen LogP contribution in [0, 0.1) is 13.8 Å². The zero-order valence-corrected chi connectivity index (χ0v) is 19.1. The molecule has 4 rings (SSSR count). The van der Waals surface area contributed by atoms with Crippen molar-refractivity contribution in [3.05, 3.63) is 107 Å². The SMILES string of the molecule is COc1ccc(Cc2nnc(SC(C(=O)c3ccc(C)cc3)c3ccc(C)cc3)o2)cc1. The Kier molecular flexibility index (Phi) is 6.71. The topological polar surface area (TPSA) is 65.2 Å². The predicted octanol–water partition coefficient (Wildman–Crippen LogP) is 6.00. The summed E-state index contributed by atoms with van der Waals surface area (Å²) in [5, 5.41) is 8.26. The lowest BCUT2D eigenvalue weighted by Crippen LogP contribution is -2.10. The molecule has 0 fully saturated rings. The number of hydrogen-bond acceptors (Lipinski definition) is 6. The number of rotatable bonds is 8. The first-order valence-electron chi connectivity index (χ1n) is 10.3. The lowest BCUT2D eigenvalue weighted by atomic mass is 10.0. The quantitative estimate of drug-likeness (QED) is 0.245. The van der Waals surface area contributed by atoms with Crippen LogP contribution in [0.25, 0.3) is 0 Å². The molecule has 0 radical (unpaired) electrons. The van der Waals surface area contributed by atoms with Crippen LogP contribution in [0.2, 0.25) is 0 Å². The smallest absolute Gasteiger partial charge is 0.277 e. The highest BCUT2D eigenvalue weighted by molar-refractivity contribution is 8.00. The number of aromatic nitrogens is 2. The molecule has 1 atom stereocenters. The van der Waals surface area contributed by atoms with E-state index < -0.39 is 5.25 Å². The number of methoxy groups -OCH3 is 1. The number of hydrogen-bond donors (Lipinski definition) is 0. The van der Waals surface area contributed by atoms with Gasteiger partial charge in [0, 0.05) is 5.56 Å². The fourth-order valence-corrected chi connectivity index (χ4v) is 4.23. The summed E-state index contributed by atoms with van der Waals surface area (Å²) in [6.07, 6.45) is 0.513. The molecule has 0 amide bonds. The van der Waals surface area contributed by atoms with Gasteiger partial charge in [-0.3, -0.25) is 4.79 Å². The first-order valence-corrected chi connectivity index (χ1v) is 11.2. The van der Waals surface area contributed by atoms with Gasteiger partial charge in [0.25, 0.3) is 5.22 Å². The van der Waals surface area contributed by atoms with Crippen molar-refractivity contribution in [2.24, 2.45) is 0 Å². The molecule has 162 valence electrons. The van der Waals surface area contributed by atoms with Crippen LogP contribution in [0.1, 0.15) is 43.8 Å². The van der Waals surface area contributed by atoms with Crippen LogP contribution in [0.4, 0.5) is 0 Å².